The molecule has 2 unspecified atom stereocenters. The number of ether oxygens (including phenoxy) is 1. The molecule has 0 saturated carbocycles. The topological polar surface area (TPSA) is 55.6 Å². The van der Waals surface area contributed by atoms with Crippen molar-refractivity contribution in [3.05, 3.63) is 36.5 Å². The summed E-state index contributed by atoms with van der Waals surface area (Å²) in [6.45, 7) is 7.79. The Morgan fingerprint density at radius 1 is 0.595 bits per heavy atom. The molecule has 2 N–H and O–H groups in total. The summed E-state index contributed by atoms with van der Waals surface area (Å²) in [5.74, 6) is 0.895. The van der Waals surface area contributed by atoms with E-state index in [1.54, 1.807) is 0 Å². The number of nitrogens with zero attached hydrogens (tertiary/aromatic N) is 1. The van der Waals surface area contributed by atoms with Crippen LogP contribution in [0.1, 0.15) is 162 Å². The second kappa shape index (κ2) is 30.9. The molecule has 1 amide bonds. The first-order chi connectivity index (χ1) is 20.5. The van der Waals surface area contributed by atoms with Crippen LogP contribution < -0.4 is 5.73 Å². The van der Waals surface area contributed by atoms with Gasteiger partial charge in [-0.05, 0) is 135 Å². The zero-order valence-corrected chi connectivity index (χ0v) is 28.8. The van der Waals surface area contributed by atoms with Gasteiger partial charge in [0.15, 0.2) is 0 Å². The highest BCUT2D eigenvalue weighted by Gasteiger charge is 2.30. The predicted molar refractivity (Wildman–Crippen MR) is 186 cm³/mol. The van der Waals surface area contributed by atoms with E-state index in [9.17, 15) is 4.79 Å². The van der Waals surface area contributed by atoms with Crippen LogP contribution in [0.3, 0.4) is 0 Å². The Morgan fingerprint density at radius 2 is 1.02 bits per heavy atom. The van der Waals surface area contributed by atoms with Crippen LogP contribution in [0.25, 0.3) is 0 Å². The van der Waals surface area contributed by atoms with Crippen molar-refractivity contribution >= 4 is 6.09 Å². The Labute approximate surface area is 263 Å². The molecule has 0 fully saturated rings. The molecule has 0 bridgehead atoms. The molecule has 246 valence electrons. The molecule has 42 heavy (non-hydrogen) atoms. The maximum Gasteiger partial charge on any atom is 0.404 e. The van der Waals surface area contributed by atoms with Gasteiger partial charge in [0.25, 0.3) is 0 Å². The minimum Gasteiger partial charge on any atom is -0.446 e. The molecule has 0 saturated heterocycles. The third-order valence-electron chi connectivity index (χ3n) is 8.43. The minimum absolute atomic E-state index is 0.102. The molecule has 2 atom stereocenters. The number of carbonyl (C=O) groups excluding carboxylic acids is 1. The van der Waals surface area contributed by atoms with Gasteiger partial charge in [0.2, 0.25) is 0 Å². The molecule has 0 aliphatic rings. The predicted octanol–water partition coefficient (Wildman–Crippen LogP) is 11.6. The fourth-order valence-electron chi connectivity index (χ4n) is 5.94. The maximum absolute atomic E-state index is 12.1. The van der Waals surface area contributed by atoms with E-state index in [1.807, 2.05) is 0 Å². The molecule has 0 aliphatic heterocycles. The summed E-state index contributed by atoms with van der Waals surface area (Å²) in [5, 5.41) is 0. The minimum atomic E-state index is -0.617. The summed E-state index contributed by atoms with van der Waals surface area (Å²) in [7, 11) is 4.22. The monoisotopic (exact) mass is 589 g/mol. The van der Waals surface area contributed by atoms with Crippen LogP contribution in [0, 0.1) is 11.8 Å². The first kappa shape index (κ1) is 40.5. The molecular formula is C38H72N2O2. The Bertz CT molecular complexity index is 644. The summed E-state index contributed by atoms with van der Waals surface area (Å²) >= 11 is 0. The number of primary amides is 1. The molecule has 0 aromatic carbocycles. The van der Waals surface area contributed by atoms with Gasteiger partial charge in [-0.1, -0.05) is 95.8 Å². The summed E-state index contributed by atoms with van der Waals surface area (Å²) in [5.41, 5.74) is 5.66. The van der Waals surface area contributed by atoms with E-state index in [-0.39, 0.29) is 6.10 Å². The molecule has 0 rings (SSSR count). The molecule has 0 heterocycles. The number of nitrogens with two attached hydrogens (primary N) is 1. The number of unbranched alkanes of at least 4 members (excludes halogenated alkanes) is 11. The van der Waals surface area contributed by atoms with Crippen molar-refractivity contribution < 1.29 is 9.53 Å². The van der Waals surface area contributed by atoms with Gasteiger partial charge in [0.05, 0.1) is 0 Å². The number of hydrogen-bond acceptors (Lipinski definition) is 3. The Morgan fingerprint density at radius 3 is 1.43 bits per heavy atom. The lowest BCUT2D eigenvalue weighted by molar-refractivity contribution is 0.0292. The van der Waals surface area contributed by atoms with Gasteiger partial charge in [0.1, 0.15) is 6.10 Å². The second-order valence-electron chi connectivity index (χ2n) is 12.7. The van der Waals surface area contributed by atoms with Crippen LogP contribution in [-0.2, 0) is 4.74 Å². The van der Waals surface area contributed by atoms with Crippen LogP contribution in [0.4, 0.5) is 4.79 Å². The van der Waals surface area contributed by atoms with Crippen LogP contribution in [0.5, 0.6) is 0 Å². The average Bonchev–Trinajstić information content (AvgIpc) is 2.95. The van der Waals surface area contributed by atoms with Crippen molar-refractivity contribution in [2.45, 2.75) is 168 Å². The van der Waals surface area contributed by atoms with Gasteiger partial charge < -0.3 is 15.4 Å². The maximum atomic E-state index is 12.1. The number of allylic oxidation sites excluding steroid dienone is 6. The van der Waals surface area contributed by atoms with E-state index >= 15 is 0 Å². The summed E-state index contributed by atoms with van der Waals surface area (Å²) in [6, 6.07) is 0. The number of amides is 1. The molecule has 0 aromatic rings. The molecule has 0 radical (unpaired) electrons. The lowest BCUT2D eigenvalue weighted by Crippen LogP contribution is -2.35. The molecule has 0 aliphatic carbocycles. The molecular weight excluding hydrogens is 516 g/mol. The largest absolute Gasteiger partial charge is 0.446 e. The fraction of sp³-hybridized carbons (Fsp3) is 0.816. The van der Waals surface area contributed by atoms with Gasteiger partial charge in [0, 0.05) is 0 Å². The summed E-state index contributed by atoms with van der Waals surface area (Å²) in [4.78, 5) is 14.3. The number of carbonyl (C=O) groups is 1. The van der Waals surface area contributed by atoms with Gasteiger partial charge in [-0.3, -0.25) is 0 Å². The summed E-state index contributed by atoms with van der Waals surface area (Å²) in [6.07, 6.45) is 39.9. The third-order valence-corrected chi connectivity index (χ3v) is 8.43. The fourth-order valence-corrected chi connectivity index (χ4v) is 5.94. The lowest BCUT2D eigenvalue weighted by atomic mass is 9.77. The van der Waals surface area contributed by atoms with Crippen LogP contribution in [-0.4, -0.2) is 37.7 Å². The molecule has 4 nitrogen and oxygen atoms in total. The number of hydrogen-bond donors (Lipinski definition) is 1. The first-order valence-electron chi connectivity index (χ1n) is 18.0. The van der Waals surface area contributed by atoms with Crippen molar-refractivity contribution in [2.24, 2.45) is 17.6 Å². The smallest absolute Gasteiger partial charge is 0.404 e. The highest BCUT2D eigenvalue weighted by atomic mass is 16.6. The van der Waals surface area contributed by atoms with Gasteiger partial charge >= 0.3 is 6.09 Å². The lowest BCUT2D eigenvalue weighted by Gasteiger charge is -2.34. The van der Waals surface area contributed by atoms with E-state index in [1.165, 1.54) is 103 Å². The average molecular weight is 589 g/mol. The zero-order chi connectivity index (χ0) is 31.1. The number of rotatable bonds is 30. The van der Waals surface area contributed by atoms with E-state index < -0.39 is 6.09 Å². The van der Waals surface area contributed by atoms with E-state index in [4.69, 9.17) is 10.5 Å². The molecule has 0 spiro atoms. The SMILES string of the molecule is CCCCCC=CCCCC(CCCC=CCCCCC)C(CCC=CCCCCC)C(CCCN(C)C)OC(N)=O. The van der Waals surface area contributed by atoms with Gasteiger partial charge in [-0.25, -0.2) is 4.79 Å². The second-order valence-corrected chi connectivity index (χ2v) is 12.7. The Hall–Kier alpha value is -1.55. The molecule has 0 aromatic heterocycles. The standard InChI is InChI=1S/C38H72N2O2/c1-6-9-12-15-18-21-23-26-30-35(31-27-24-22-19-16-13-10-7-2)36(32-28-25-20-17-14-11-8-3)37(42-38(39)41)33-29-34-40(4)5/h18-22,25,35-37H,6-17,23-24,26-34H2,1-5H3,(H2,39,41). The van der Waals surface area contributed by atoms with Crippen molar-refractivity contribution in [3.63, 3.8) is 0 Å². The van der Waals surface area contributed by atoms with Crippen molar-refractivity contribution in [3.8, 4) is 0 Å². The van der Waals surface area contributed by atoms with E-state index in [0.29, 0.717) is 11.8 Å². The van der Waals surface area contributed by atoms with Crippen LogP contribution in [0.2, 0.25) is 0 Å². The van der Waals surface area contributed by atoms with Gasteiger partial charge in [-0.15, -0.1) is 0 Å². The van der Waals surface area contributed by atoms with Crippen molar-refractivity contribution in [2.75, 3.05) is 20.6 Å². The summed E-state index contributed by atoms with van der Waals surface area (Å²) < 4.78 is 5.92. The quantitative estimate of drug-likeness (QED) is 0.0670. The van der Waals surface area contributed by atoms with Crippen LogP contribution >= 0.6 is 0 Å². The van der Waals surface area contributed by atoms with Crippen molar-refractivity contribution in [1.29, 1.82) is 0 Å². The first-order valence-corrected chi connectivity index (χ1v) is 18.0. The zero-order valence-electron chi connectivity index (χ0n) is 28.8. The van der Waals surface area contributed by atoms with Crippen LogP contribution in [0.15, 0.2) is 36.5 Å². The van der Waals surface area contributed by atoms with E-state index in [2.05, 4.69) is 76.2 Å². The highest BCUT2D eigenvalue weighted by Crippen LogP contribution is 2.34. The van der Waals surface area contributed by atoms with E-state index in [0.717, 1.165) is 45.1 Å². The highest BCUT2D eigenvalue weighted by molar-refractivity contribution is 5.64. The molecule has 4 heteroatoms. The Balaban J connectivity index is 5.54. The van der Waals surface area contributed by atoms with Gasteiger partial charge in [-0.2, -0.15) is 0 Å². The van der Waals surface area contributed by atoms with Crippen molar-refractivity contribution in [1.82, 2.24) is 4.90 Å². The Kier molecular flexibility index (Phi) is 29.8. The third kappa shape index (κ3) is 26.1. The normalized spacial score (nSPS) is 14.4.